The lowest BCUT2D eigenvalue weighted by Gasteiger charge is -2.32. The second kappa shape index (κ2) is 8.24. The van der Waals surface area contributed by atoms with Crippen LogP contribution < -0.4 is 15.8 Å². The van der Waals surface area contributed by atoms with Gasteiger partial charge < -0.3 is 15.1 Å². The molecule has 0 aliphatic carbocycles. The Labute approximate surface area is 159 Å². The number of hydrogen-bond donors (Lipinski definition) is 2. The van der Waals surface area contributed by atoms with Crippen LogP contribution in [0.25, 0.3) is 0 Å². The van der Waals surface area contributed by atoms with Crippen LogP contribution in [-0.4, -0.2) is 54.0 Å². The van der Waals surface area contributed by atoms with Gasteiger partial charge in [0.2, 0.25) is 5.95 Å². The highest BCUT2D eigenvalue weighted by atomic mass is 16.2. The van der Waals surface area contributed by atoms with E-state index in [2.05, 4.69) is 15.3 Å². The standard InChI is InChI=1S/C20H27N5O2/c1-4-15-13-18(26)23-20(21-15)22-16-9-11-25(12-10-16)19(27)14-5-7-17(8-6-14)24(2)3/h5-8,13,16H,4,9-12H2,1-3H3,(H2,21,22,23,26). The molecule has 1 aliphatic rings. The average Bonchev–Trinajstić information content (AvgIpc) is 2.67. The van der Waals surface area contributed by atoms with Crippen LogP contribution >= 0.6 is 0 Å². The smallest absolute Gasteiger partial charge is 0.253 e. The van der Waals surface area contributed by atoms with Gasteiger partial charge in [0.1, 0.15) is 0 Å². The molecule has 27 heavy (non-hydrogen) atoms. The van der Waals surface area contributed by atoms with E-state index in [0.717, 1.165) is 30.6 Å². The van der Waals surface area contributed by atoms with Gasteiger partial charge in [-0.3, -0.25) is 14.6 Å². The van der Waals surface area contributed by atoms with Gasteiger partial charge in [0.25, 0.3) is 11.5 Å². The average molecular weight is 369 g/mol. The summed E-state index contributed by atoms with van der Waals surface area (Å²) in [7, 11) is 3.96. The molecular formula is C20H27N5O2. The summed E-state index contributed by atoms with van der Waals surface area (Å²) in [6.07, 6.45) is 2.36. The molecule has 2 aromatic rings. The Kier molecular flexibility index (Phi) is 5.78. The van der Waals surface area contributed by atoms with E-state index in [1.54, 1.807) is 0 Å². The highest BCUT2D eigenvalue weighted by molar-refractivity contribution is 5.94. The number of likely N-dealkylation sites (tertiary alicyclic amines) is 1. The van der Waals surface area contributed by atoms with E-state index in [4.69, 9.17) is 0 Å². The first kappa shape index (κ1) is 18.9. The fourth-order valence-corrected chi connectivity index (χ4v) is 3.26. The Morgan fingerprint density at radius 2 is 1.93 bits per heavy atom. The van der Waals surface area contributed by atoms with Gasteiger partial charge in [-0.1, -0.05) is 6.92 Å². The third-order valence-electron chi connectivity index (χ3n) is 4.91. The minimum Gasteiger partial charge on any atom is -0.378 e. The summed E-state index contributed by atoms with van der Waals surface area (Å²) in [4.78, 5) is 35.5. The first-order chi connectivity index (χ1) is 13.0. The Balaban J connectivity index is 1.57. The predicted molar refractivity (Wildman–Crippen MR) is 108 cm³/mol. The zero-order chi connectivity index (χ0) is 19.4. The number of nitrogens with one attached hydrogen (secondary N) is 2. The fourth-order valence-electron chi connectivity index (χ4n) is 3.26. The second-order valence-electron chi connectivity index (χ2n) is 7.09. The molecule has 0 radical (unpaired) electrons. The number of rotatable bonds is 5. The normalized spacial score (nSPS) is 14.9. The Hall–Kier alpha value is -2.83. The topological polar surface area (TPSA) is 81.3 Å². The Morgan fingerprint density at radius 3 is 2.52 bits per heavy atom. The minimum atomic E-state index is -0.141. The first-order valence-corrected chi connectivity index (χ1v) is 9.39. The van der Waals surface area contributed by atoms with E-state index in [1.807, 2.05) is 55.1 Å². The van der Waals surface area contributed by atoms with Crippen LogP contribution in [0.2, 0.25) is 0 Å². The van der Waals surface area contributed by atoms with Gasteiger partial charge in [0.15, 0.2) is 0 Å². The summed E-state index contributed by atoms with van der Waals surface area (Å²) >= 11 is 0. The van der Waals surface area contributed by atoms with Gasteiger partial charge >= 0.3 is 0 Å². The maximum Gasteiger partial charge on any atom is 0.253 e. The van der Waals surface area contributed by atoms with Gasteiger partial charge in [-0.2, -0.15) is 0 Å². The third-order valence-corrected chi connectivity index (χ3v) is 4.91. The second-order valence-corrected chi connectivity index (χ2v) is 7.09. The highest BCUT2D eigenvalue weighted by Gasteiger charge is 2.24. The molecule has 1 aromatic carbocycles. The zero-order valence-corrected chi connectivity index (χ0v) is 16.2. The molecule has 0 unspecified atom stereocenters. The number of aromatic nitrogens is 2. The Morgan fingerprint density at radius 1 is 1.26 bits per heavy atom. The number of carbonyl (C=O) groups is 1. The number of H-pyrrole nitrogens is 1. The van der Waals surface area contributed by atoms with Crippen LogP contribution in [0.3, 0.4) is 0 Å². The van der Waals surface area contributed by atoms with E-state index in [0.29, 0.717) is 24.6 Å². The van der Waals surface area contributed by atoms with Crippen molar-refractivity contribution in [3.05, 3.63) is 51.9 Å². The summed E-state index contributed by atoms with van der Waals surface area (Å²) in [5.41, 5.74) is 2.42. The van der Waals surface area contributed by atoms with Crippen molar-refractivity contribution in [3.8, 4) is 0 Å². The van der Waals surface area contributed by atoms with Crippen molar-refractivity contribution in [2.75, 3.05) is 37.4 Å². The van der Waals surface area contributed by atoms with Crippen molar-refractivity contribution < 1.29 is 4.79 Å². The van der Waals surface area contributed by atoms with E-state index in [-0.39, 0.29) is 17.5 Å². The minimum absolute atomic E-state index is 0.0678. The van der Waals surface area contributed by atoms with Crippen LogP contribution in [0, 0.1) is 0 Å². The first-order valence-electron chi connectivity index (χ1n) is 9.39. The van der Waals surface area contributed by atoms with Crippen LogP contribution in [0.1, 0.15) is 35.8 Å². The highest BCUT2D eigenvalue weighted by Crippen LogP contribution is 2.18. The monoisotopic (exact) mass is 369 g/mol. The number of piperidine rings is 1. The summed E-state index contributed by atoms with van der Waals surface area (Å²) < 4.78 is 0. The van der Waals surface area contributed by atoms with Crippen LogP contribution in [0.4, 0.5) is 11.6 Å². The van der Waals surface area contributed by atoms with E-state index in [9.17, 15) is 9.59 Å². The number of aryl methyl sites for hydroxylation is 1. The molecule has 2 N–H and O–H groups in total. The maximum absolute atomic E-state index is 12.7. The number of carbonyl (C=O) groups excluding carboxylic acids is 1. The number of nitrogens with zero attached hydrogens (tertiary/aromatic N) is 3. The van der Waals surface area contributed by atoms with Crippen LogP contribution in [-0.2, 0) is 6.42 Å². The molecule has 2 heterocycles. The van der Waals surface area contributed by atoms with Crippen molar-refractivity contribution in [2.45, 2.75) is 32.2 Å². The van der Waals surface area contributed by atoms with Crippen molar-refractivity contribution in [3.63, 3.8) is 0 Å². The predicted octanol–water partition coefficient (Wildman–Crippen LogP) is 2.11. The number of benzene rings is 1. The molecule has 7 nitrogen and oxygen atoms in total. The molecule has 0 saturated carbocycles. The third kappa shape index (κ3) is 4.67. The molecule has 0 bridgehead atoms. The van der Waals surface area contributed by atoms with Gasteiger partial charge in [-0.25, -0.2) is 4.98 Å². The number of anilines is 2. The molecule has 1 saturated heterocycles. The molecule has 7 heteroatoms. The van der Waals surface area contributed by atoms with Crippen LogP contribution in [0.5, 0.6) is 0 Å². The van der Waals surface area contributed by atoms with Gasteiger partial charge in [0.05, 0.1) is 0 Å². The van der Waals surface area contributed by atoms with Crippen LogP contribution in [0.15, 0.2) is 35.1 Å². The molecule has 1 fully saturated rings. The Bertz CT molecular complexity index is 836. The zero-order valence-electron chi connectivity index (χ0n) is 16.2. The summed E-state index contributed by atoms with van der Waals surface area (Å²) in [6.45, 7) is 3.34. The molecule has 1 aromatic heterocycles. The number of hydrogen-bond acceptors (Lipinski definition) is 5. The van der Waals surface area contributed by atoms with E-state index >= 15 is 0 Å². The molecular weight excluding hydrogens is 342 g/mol. The van der Waals surface area contributed by atoms with Crippen molar-refractivity contribution in [1.29, 1.82) is 0 Å². The molecule has 1 amide bonds. The lowest BCUT2D eigenvalue weighted by molar-refractivity contribution is 0.0718. The maximum atomic E-state index is 12.7. The fraction of sp³-hybridized carbons (Fsp3) is 0.450. The summed E-state index contributed by atoms with van der Waals surface area (Å²) in [6, 6.07) is 9.41. The summed E-state index contributed by atoms with van der Waals surface area (Å²) in [5, 5.41) is 3.31. The van der Waals surface area contributed by atoms with Gasteiger partial charge in [-0.15, -0.1) is 0 Å². The molecule has 0 spiro atoms. The summed E-state index contributed by atoms with van der Waals surface area (Å²) in [5.74, 6) is 0.585. The van der Waals surface area contributed by atoms with E-state index < -0.39 is 0 Å². The van der Waals surface area contributed by atoms with Crippen molar-refractivity contribution in [1.82, 2.24) is 14.9 Å². The SMILES string of the molecule is CCc1cc(=O)[nH]c(NC2CCN(C(=O)c3ccc(N(C)C)cc3)CC2)n1. The molecule has 144 valence electrons. The molecule has 1 aliphatic heterocycles. The van der Waals surface area contributed by atoms with Crippen molar-refractivity contribution in [2.24, 2.45) is 0 Å². The van der Waals surface area contributed by atoms with Gasteiger partial charge in [-0.05, 0) is 43.5 Å². The number of aromatic amines is 1. The lowest BCUT2D eigenvalue weighted by Crippen LogP contribution is -2.42. The molecule has 0 atom stereocenters. The van der Waals surface area contributed by atoms with Gasteiger partial charge in [0, 0.05) is 56.2 Å². The largest absolute Gasteiger partial charge is 0.378 e. The lowest BCUT2D eigenvalue weighted by atomic mass is 10.0. The van der Waals surface area contributed by atoms with Crippen molar-refractivity contribution >= 4 is 17.5 Å². The molecule has 3 rings (SSSR count). The number of amides is 1. The van der Waals surface area contributed by atoms with E-state index in [1.165, 1.54) is 6.07 Å². The quantitative estimate of drug-likeness (QED) is 0.844.